The first-order chi connectivity index (χ1) is 14.4. The Morgan fingerprint density at radius 3 is 2.10 bits per heavy atom. The number of carbonyl (C=O) groups excluding carboxylic acids is 2. The van der Waals surface area contributed by atoms with Gasteiger partial charge in [0, 0.05) is 27.0 Å². The predicted octanol–water partition coefficient (Wildman–Crippen LogP) is 4.08. The maximum absolute atomic E-state index is 12.6. The molecule has 2 unspecified atom stereocenters. The van der Waals surface area contributed by atoms with E-state index in [1.807, 2.05) is 24.3 Å². The van der Waals surface area contributed by atoms with Gasteiger partial charge in [-0.15, -0.1) is 0 Å². The lowest BCUT2D eigenvalue weighted by Gasteiger charge is -2.70. The molecule has 0 heterocycles. The van der Waals surface area contributed by atoms with Crippen LogP contribution in [0.15, 0.2) is 48.5 Å². The van der Waals surface area contributed by atoms with Crippen molar-refractivity contribution in [3.63, 3.8) is 0 Å². The molecular formula is C23H22Cl2N2O3. The van der Waals surface area contributed by atoms with E-state index in [9.17, 15) is 9.59 Å². The molecule has 2 N–H and O–H groups in total. The molecule has 6 rings (SSSR count). The first-order valence-electron chi connectivity index (χ1n) is 10.1. The fourth-order valence-electron chi connectivity index (χ4n) is 4.98. The molecule has 30 heavy (non-hydrogen) atoms. The average Bonchev–Trinajstić information content (AvgIpc) is 3.46. The summed E-state index contributed by atoms with van der Waals surface area (Å²) in [5.74, 6) is 0.914. The molecule has 4 aliphatic rings. The van der Waals surface area contributed by atoms with E-state index in [0.29, 0.717) is 15.8 Å². The van der Waals surface area contributed by atoms with E-state index in [0.717, 1.165) is 25.7 Å². The maximum Gasteiger partial charge on any atom is 0.258 e. The number of halogens is 2. The van der Waals surface area contributed by atoms with Crippen molar-refractivity contribution in [3.05, 3.63) is 64.1 Å². The molecule has 2 bridgehead atoms. The molecule has 2 aromatic rings. The number of ether oxygens (including phenoxy) is 1. The van der Waals surface area contributed by atoms with Gasteiger partial charge in [0.1, 0.15) is 5.75 Å². The molecule has 2 atom stereocenters. The molecule has 0 radical (unpaired) electrons. The lowest BCUT2D eigenvalue weighted by atomic mass is 9.44. The molecule has 2 aromatic carbocycles. The number of hydrogen-bond donors (Lipinski definition) is 2. The summed E-state index contributed by atoms with van der Waals surface area (Å²) < 4.78 is 5.50. The van der Waals surface area contributed by atoms with Gasteiger partial charge in [-0.05, 0) is 73.6 Å². The number of hydrogen-bond acceptors (Lipinski definition) is 3. The Kier molecular flexibility index (Phi) is 4.71. The van der Waals surface area contributed by atoms with Crippen LogP contribution < -0.4 is 15.4 Å². The van der Waals surface area contributed by atoms with Gasteiger partial charge < -0.3 is 15.4 Å². The minimum Gasteiger partial charge on any atom is -0.484 e. The van der Waals surface area contributed by atoms with E-state index in [1.165, 1.54) is 5.56 Å². The van der Waals surface area contributed by atoms with Crippen LogP contribution in [0.5, 0.6) is 5.75 Å². The van der Waals surface area contributed by atoms with E-state index < -0.39 is 0 Å². The molecule has 2 amide bonds. The molecule has 0 aromatic heterocycles. The summed E-state index contributed by atoms with van der Waals surface area (Å²) in [5, 5.41) is 7.63. The van der Waals surface area contributed by atoms with Gasteiger partial charge in [0.15, 0.2) is 6.61 Å². The minimum absolute atomic E-state index is 0.0341. The highest BCUT2D eigenvalue weighted by Gasteiger charge is 2.69. The molecule has 5 nitrogen and oxygen atoms in total. The molecule has 4 fully saturated rings. The van der Waals surface area contributed by atoms with Crippen LogP contribution in [-0.4, -0.2) is 29.5 Å². The molecule has 4 saturated carbocycles. The van der Waals surface area contributed by atoms with Gasteiger partial charge in [0.25, 0.3) is 5.91 Å². The monoisotopic (exact) mass is 444 g/mol. The molecule has 7 heteroatoms. The quantitative estimate of drug-likeness (QED) is 0.675. The van der Waals surface area contributed by atoms with Gasteiger partial charge in [0.2, 0.25) is 5.91 Å². The lowest BCUT2D eigenvalue weighted by molar-refractivity contribution is -0.151. The van der Waals surface area contributed by atoms with Crippen molar-refractivity contribution < 1.29 is 14.3 Å². The van der Waals surface area contributed by atoms with E-state index in [2.05, 4.69) is 10.6 Å². The van der Waals surface area contributed by atoms with Crippen molar-refractivity contribution in [1.82, 2.24) is 10.6 Å². The molecule has 0 saturated heterocycles. The van der Waals surface area contributed by atoms with E-state index in [-0.39, 0.29) is 41.3 Å². The molecule has 0 spiro atoms. The Morgan fingerprint density at radius 1 is 0.900 bits per heavy atom. The van der Waals surface area contributed by atoms with E-state index >= 15 is 0 Å². The number of amides is 2. The first kappa shape index (κ1) is 19.7. The van der Waals surface area contributed by atoms with Crippen molar-refractivity contribution in [2.75, 3.05) is 6.61 Å². The van der Waals surface area contributed by atoms with Crippen molar-refractivity contribution in [1.29, 1.82) is 0 Å². The van der Waals surface area contributed by atoms with Gasteiger partial charge >= 0.3 is 0 Å². The summed E-state index contributed by atoms with van der Waals surface area (Å²) in [5.41, 5.74) is 0.836. The van der Waals surface area contributed by atoms with E-state index in [1.54, 1.807) is 24.3 Å². The zero-order valence-electron chi connectivity index (χ0n) is 16.3. The highest BCUT2D eigenvalue weighted by atomic mass is 35.5. The van der Waals surface area contributed by atoms with Gasteiger partial charge in [-0.2, -0.15) is 0 Å². The summed E-state index contributed by atoms with van der Waals surface area (Å²) in [4.78, 5) is 24.9. The van der Waals surface area contributed by atoms with Crippen LogP contribution in [0, 0.1) is 5.92 Å². The first-order valence-corrected chi connectivity index (χ1v) is 10.9. The SMILES string of the molecule is O=C(COc1ccc(Cl)cc1)NC12CC(NC(=O)C3CC3c3ccc(Cl)cc3)(C1)C2. The molecule has 156 valence electrons. The Hall–Kier alpha value is -2.24. The van der Waals surface area contributed by atoms with Crippen LogP contribution in [-0.2, 0) is 9.59 Å². The number of benzene rings is 2. The molecule has 4 aliphatic carbocycles. The smallest absolute Gasteiger partial charge is 0.258 e. The Morgan fingerprint density at radius 2 is 1.47 bits per heavy atom. The summed E-state index contributed by atoms with van der Waals surface area (Å²) >= 11 is 11.8. The second-order valence-electron chi connectivity index (χ2n) is 8.87. The van der Waals surface area contributed by atoms with Gasteiger partial charge in [-0.25, -0.2) is 0 Å². The maximum atomic E-state index is 12.6. The van der Waals surface area contributed by atoms with Crippen molar-refractivity contribution in [2.24, 2.45) is 5.92 Å². The van der Waals surface area contributed by atoms with Gasteiger partial charge in [-0.1, -0.05) is 35.3 Å². The van der Waals surface area contributed by atoms with Crippen LogP contribution in [0.4, 0.5) is 0 Å². The Bertz CT molecular complexity index is 971. The van der Waals surface area contributed by atoms with Crippen LogP contribution in [0.25, 0.3) is 0 Å². The van der Waals surface area contributed by atoms with Crippen molar-refractivity contribution in [3.8, 4) is 5.75 Å². The zero-order chi connectivity index (χ0) is 20.9. The van der Waals surface area contributed by atoms with Gasteiger partial charge in [0.05, 0.1) is 0 Å². The summed E-state index contributed by atoms with van der Waals surface area (Å²) in [6.45, 7) is -0.0341. The van der Waals surface area contributed by atoms with Gasteiger partial charge in [-0.3, -0.25) is 9.59 Å². The highest BCUT2D eigenvalue weighted by molar-refractivity contribution is 6.30. The van der Waals surface area contributed by atoms with E-state index in [4.69, 9.17) is 27.9 Å². The topological polar surface area (TPSA) is 67.4 Å². The van der Waals surface area contributed by atoms with Crippen LogP contribution in [0.1, 0.15) is 37.2 Å². The lowest BCUT2D eigenvalue weighted by Crippen LogP contribution is -2.84. The van der Waals surface area contributed by atoms with Crippen LogP contribution >= 0.6 is 23.2 Å². The highest BCUT2D eigenvalue weighted by Crippen LogP contribution is 2.61. The second kappa shape index (κ2) is 7.17. The fourth-order valence-corrected chi connectivity index (χ4v) is 5.23. The minimum atomic E-state index is -0.188. The van der Waals surface area contributed by atoms with Crippen LogP contribution in [0.3, 0.4) is 0 Å². The average molecular weight is 445 g/mol. The number of nitrogens with one attached hydrogen (secondary N) is 2. The third-order valence-electron chi connectivity index (χ3n) is 6.43. The summed E-state index contributed by atoms with van der Waals surface area (Å²) in [6.07, 6.45) is 3.25. The largest absolute Gasteiger partial charge is 0.484 e. The van der Waals surface area contributed by atoms with Crippen molar-refractivity contribution in [2.45, 2.75) is 42.7 Å². The number of rotatable bonds is 7. The summed E-state index contributed by atoms with van der Waals surface area (Å²) in [7, 11) is 0. The molecular weight excluding hydrogens is 423 g/mol. The second-order valence-corrected chi connectivity index (χ2v) is 9.74. The number of carbonyl (C=O) groups is 2. The Balaban J connectivity index is 1.06. The van der Waals surface area contributed by atoms with Crippen molar-refractivity contribution >= 4 is 35.0 Å². The third kappa shape index (κ3) is 3.77. The summed E-state index contributed by atoms with van der Waals surface area (Å²) in [6, 6.07) is 14.6. The Labute approximate surface area is 185 Å². The molecule has 0 aliphatic heterocycles. The normalized spacial score (nSPS) is 30.5. The predicted molar refractivity (Wildman–Crippen MR) is 115 cm³/mol. The zero-order valence-corrected chi connectivity index (χ0v) is 17.8. The standard InChI is InChI=1S/C23H22Cl2N2O3/c24-15-3-1-14(2-4-15)18-9-19(18)21(29)27-23-11-22(12-23,13-23)26-20(28)10-30-17-7-5-16(25)6-8-17/h1-8,18-19H,9-13H2,(H,26,28)(H,27,29). The fraction of sp³-hybridized carbons (Fsp3) is 0.391. The van der Waals surface area contributed by atoms with Crippen LogP contribution in [0.2, 0.25) is 10.0 Å². The third-order valence-corrected chi connectivity index (χ3v) is 6.94.